The number of carboxylic acid groups (broad SMARTS) is 1. The summed E-state index contributed by atoms with van der Waals surface area (Å²) >= 11 is 0. The summed E-state index contributed by atoms with van der Waals surface area (Å²) in [5, 5.41) is 13.1. The van der Waals surface area contributed by atoms with Gasteiger partial charge in [-0.15, -0.1) is 0 Å². The molecule has 4 heterocycles. The Morgan fingerprint density at radius 1 is 1.32 bits per heavy atom. The number of aliphatic carboxylic acids is 1. The van der Waals surface area contributed by atoms with Crippen molar-refractivity contribution in [3.63, 3.8) is 0 Å². The van der Waals surface area contributed by atoms with Crippen LogP contribution in [0.5, 0.6) is 0 Å². The normalized spacial score (nSPS) is 12.8. The number of aromatic nitrogens is 4. The quantitative estimate of drug-likeness (QED) is 0.411. The highest BCUT2D eigenvalue weighted by atomic mass is 19.1. The molecule has 0 saturated carbocycles. The van der Waals surface area contributed by atoms with E-state index >= 15 is 0 Å². The Hall–Kier alpha value is -3.75. The van der Waals surface area contributed by atoms with E-state index in [4.69, 9.17) is 4.42 Å². The lowest BCUT2D eigenvalue weighted by Gasteiger charge is -2.31. The number of H-pyrrole nitrogens is 1. The first-order valence-corrected chi connectivity index (χ1v) is 9.75. The molecule has 3 N–H and O–H groups in total. The second-order valence-corrected chi connectivity index (χ2v) is 8.35. The maximum Gasteiger partial charge on any atom is 0.305 e. The van der Waals surface area contributed by atoms with Gasteiger partial charge in [-0.1, -0.05) is 20.8 Å². The first-order chi connectivity index (χ1) is 14.7. The van der Waals surface area contributed by atoms with Gasteiger partial charge in [-0.2, -0.15) is 0 Å². The number of aromatic amines is 1. The van der Waals surface area contributed by atoms with Crippen LogP contribution in [0.25, 0.3) is 33.9 Å². The van der Waals surface area contributed by atoms with Crippen LogP contribution in [-0.2, 0) is 4.79 Å². The van der Waals surface area contributed by atoms with Gasteiger partial charge in [0.25, 0.3) is 0 Å². The van der Waals surface area contributed by atoms with E-state index in [2.05, 4.69) is 25.3 Å². The van der Waals surface area contributed by atoms with Crippen molar-refractivity contribution >= 4 is 22.8 Å². The van der Waals surface area contributed by atoms with Crippen LogP contribution >= 0.6 is 0 Å². The predicted octanol–water partition coefficient (Wildman–Crippen LogP) is 4.72. The third-order valence-corrected chi connectivity index (χ3v) is 4.98. The van der Waals surface area contributed by atoms with Gasteiger partial charge in [-0.3, -0.25) is 4.79 Å². The summed E-state index contributed by atoms with van der Waals surface area (Å²) in [5.41, 5.74) is 1.25. The van der Waals surface area contributed by atoms with Gasteiger partial charge in [0.2, 0.25) is 0 Å². The fourth-order valence-electron chi connectivity index (χ4n) is 3.28. The number of hydrogen-bond acceptors (Lipinski definition) is 6. The molecule has 0 aliphatic heterocycles. The lowest BCUT2D eigenvalue weighted by Crippen LogP contribution is -2.36. The molecule has 4 aromatic heterocycles. The highest BCUT2D eigenvalue weighted by Gasteiger charge is 2.28. The summed E-state index contributed by atoms with van der Waals surface area (Å²) in [7, 11) is 0. The molecule has 0 spiro atoms. The Balaban J connectivity index is 1.83. The van der Waals surface area contributed by atoms with E-state index in [0.717, 1.165) is 6.20 Å². The van der Waals surface area contributed by atoms with Crippen LogP contribution in [-0.4, -0.2) is 37.1 Å². The van der Waals surface area contributed by atoms with E-state index in [1.807, 2.05) is 20.8 Å². The van der Waals surface area contributed by atoms with Gasteiger partial charge in [-0.05, 0) is 23.6 Å². The third-order valence-electron chi connectivity index (χ3n) is 4.98. The smallest absolute Gasteiger partial charge is 0.305 e. The van der Waals surface area contributed by atoms with Gasteiger partial charge >= 0.3 is 5.97 Å². The number of fused-ring (bicyclic) bond motifs is 1. The number of nitrogens with zero attached hydrogens (tertiary/aromatic N) is 3. The number of anilines is 1. The molecule has 160 valence electrons. The Morgan fingerprint density at radius 3 is 2.81 bits per heavy atom. The van der Waals surface area contributed by atoms with Crippen LogP contribution in [0.15, 0.2) is 47.3 Å². The fraction of sp³-hybridized carbons (Fsp3) is 0.273. The number of hydrogen-bond donors (Lipinski definition) is 3. The van der Waals surface area contributed by atoms with Crippen molar-refractivity contribution in [2.45, 2.75) is 33.2 Å². The SMILES string of the molecule is CC(C)(C)[C@@H](CC(=O)O)Nc1cc(-c2ccco2)nc(-c2c[nH]c3ncc(F)cc23)n1. The van der Waals surface area contributed by atoms with Crippen molar-refractivity contribution < 1.29 is 18.7 Å². The second-order valence-electron chi connectivity index (χ2n) is 8.35. The minimum atomic E-state index is -0.911. The highest BCUT2D eigenvalue weighted by molar-refractivity contribution is 5.92. The van der Waals surface area contributed by atoms with Gasteiger partial charge in [0.15, 0.2) is 11.6 Å². The van der Waals surface area contributed by atoms with Crippen molar-refractivity contribution in [3.05, 3.63) is 48.7 Å². The average Bonchev–Trinajstić information content (AvgIpc) is 3.36. The van der Waals surface area contributed by atoms with Crippen LogP contribution in [0, 0.1) is 11.2 Å². The van der Waals surface area contributed by atoms with Crippen molar-refractivity contribution in [1.82, 2.24) is 19.9 Å². The number of rotatable bonds is 6. The number of pyridine rings is 1. The summed E-state index contributed by atoms with van der Waals surface area (Å²) in [5.74, 6) is -0.0787. The summed E-state index contributed by atoms with van der Waals surface area (Å²) in [6.45, 7) is 5.87. The largest absolute Gasteiger partial charge is 0.481 e. The van der Waals surface area contributed by atoms with Gasteiger partial charge in [0, 0.05) is 29.3 Å². The standard InChI is InChI=1S/C22H22FN5O3/c1-22(2,3)17(9-19(29)30)27-18-8-15(16-5-4-6-31-16)26-21(28-18)14-11-25-20-13(14)7-12(23)10-24-20/h4-8,10-11,17H,9H2,1-3H3,(H,24,25)(H,29,30)(H,26,27,28)/t17-/m1/s1. The van der Waals surface area contributed by atoms with Crippen LogP contribution in [0.1, 0.15) is 27.2 Å². The third kappa shape index (κ3) is 4.40. The number of halogens is 1. The Labute approximate surface area is 177 Å². The highest BCUT2D eigenvalue weighted by Crippen LogP contribution is 2.31. The fourth-order valence-corrected chi connectivity index (χ4v) is 3.28. The molecule has 9 heteroatoms. The molecule has 0 aromatic carbocycles. The molecular weight excluding hydrogens is 401 g/mol. The first kappa shape index (κ1) is 20.5. The predicted molar refractivity (Wildman–Crippen MR) is 114 cm³/mol. The molecule has 0 radical (unpaired) electrons. The second kappa shape index (κ2) is 7.82. The van der Waals surface area contributed by atoms with Crippen LogP contribution in [0.4, 0.5) is 10.2 Å². The van der Waals surface area contributed by atoms with E-state index < -0.39 is 11.8 Å². The average molecular weight is 423 g/mol. The molecule has 4 aromatic rings. The summed E-state index contributed by atoms with van der Waals surface area (Å²) in [4.78, 5) is 27.6. The van der Waals surface area contributed by atoms with Gasteiger partial charge in [-0.25, -0.2) is 19.3 Å². The zero-order chi connectivity index (χ0) is 22.2. The number of carbonyl (C=O) groups is 1. The first-order valence-electron chi connectivity index (χ1n) is 9.75. The maximum absolute atomic E-state index is 13.8. The topological polar surface area (TPSA) is 117 Å². The van der Waals surface area contributed by atoms with Crippen molar-refractivity contribution in [1.29, 1.82) is 0 Å². The lowest BCUT2D eigenvalue weighted by atomic mass is 9.85. The van der Waals surface area contributed by atoms with Crippen molar-refractivity contribution in [2.75, 3.05) is 5.32 Å². The number of carboxylic acids is 1. The van der Waals surface area contributed by atoms with E-state index in [0.29, 0.717) is 39.7 Å². The molecule has 1 atom stereocenters. The van der Waals surface area contributed by atoms with Crippen LogP contribution in [0.2, 0.25) is 0 Å². The molecule has 0 aliphatic carbocycles. The maximum atomic E-state index is 13.8. The zero-order valence-electron chi connectivity index (χ0n) is 17.3. The molecular formula is C22H22FN5O3. The zero-order valence-corrected chi connectivity index (χ0v) is 17.3. The molecule has 0 bridgehead atoms. The minimum absolute atomic E-state index is 0.0822. The van der Waals surface area contributed by atoms with Gasteiger partial charge in [0.05, 0.1) is 18.9 Å². The van der Waals surface area contributed by atoms with E-state index in [1.165, 1.54) is 12.3 Å². The van der Waals surface area contributed by atoms with Crippen molar-refractivity contribution in [3.8, 4) is 22.8 Å². The molecule has 8 nitrogen and oxygen atoms in total. The van der Waals surface area contributed by atoms with Gasteiger partial charge in [0.1, 0.15) is 23.0 Å². The Kier molecular flexibility index (Phi) is 5.18. The van der Waals surface area contributed by atoms with E-state index in [1.54, 1.807) is 24.4 Å². The summed E-state index contributed by atoms with van der Waals surface area (Å²) in [6.07, 6.45) is 4.26. The molecule has 0 amide bonds. The molecule has 0 unspecified atom stereocenters. The monoisotopic (exact) mass is 423 g/mol. The summed E-state index contributed by atoms with van der Waals surface area (Å²) < 4.78 is 19.3. The molecule has 0 aliphatic rings. The molecule has 31 heavy (non-hydrogen) atoms. The van der Waals surface area contributed by atoms with Gasteiger partial charge < -0.3 is 19.8 Å². The number of nitrogens with one attached hydrogen (secondary N) is 2. The molecule has 4 rings (SSSR count). The minimum Gasteiger partial charge on any atom is -0.481 e. The van der Waals surface area contributed by atoms with Crippen molar-refractivity contribution in [2.24, 2.45) is 5.41 Å². The van der Waals surface area contributed by atoms with E-state index in [-0.39, 0.29) is 17.9 Å². The number of furan rings is 1. The summed E-state index contributed by atoms with van der Waals surface area (Å²) in [6, 6.07) is 6.20. The lowest BCUT2D eigenvalue weighted by molar-refractivity contribution is -0.137. The Morgan fingerprint density at radius 2 is 2.13 bits per heavy atom. The Bertz CT molecular complexity index is 1230. The van der Waals surface area contributed by atoms with Crippen LogP contribution in [0.3, 0.4) is 0 Å². The van der Waals surface area contributed by atoms with Crippen LogP contribution < -0.4 is 5.32 Å². The van der Waals surface area contributed by atoms with E-state index in [9.17, 15) is 14.3 Å². The molecule has 0 saturated heterocycles. The molecule has 0 fully saturated rings.